The number of pyridine rings is 1. The van der Waals surface area contributed by atoms with Gasteiger partial charge in [-0.2, -0.15) is 9.13 Å². The molecule has 0 amide bonds. The van der Waals surface area contributed by atoms with Crippen LogP contribution in [-0.4, -0.2) is 14.1 Å². The lowest BCUT2D eigenvalue weighted by molar-refractivity contribution is -0.566. The number of hydrogen-bond donors (Lipinski definition) is 0. The summed E-state index contributed by atoms with van der Waals surface area (Å²) in [5.41, 5.74) is 18.4. The molecule has 11 rings (SSSR count). The van der Waals surface area contributed by atoms with Crippen LogP contribution in [0.2, 0.25) is 0 Å². The second-order valence-electron chi connectivity index (χ2n) is 22.5. The van der Waals surface area contributed by atoms with Gasteiger partial charge in [-0.3, -0.25) is 4.57 Å². The Morgan fingerprint density at radius 2 is 1.00 bits per heavy atom. The quantitative estimate of drug-likeness (QED) is 0.142. The first kappa shape index (κ1) is 46.4. The molecule has 0 saturated carbocycles. The van der Waals surface area contributed by atoms with E-state index in [1.165, 1.54) is 49.9 Å². The topological polar surface area (TPSA) is 35.9 Å². The summed E-state index contributed by atoms with van der Waals surface area (Å²) in [7, 11) is 0. The molecule has 8 aromatic carbocycles. The van der Waals surface area contributed by atoms with Gasteiger partial charge in [0.25, 0.3) is 6.33 Å². The van der Waals surface area contributed by atoms with Gasteiger partial charge in [0, 0.05) is 45.8 Å². The van der Waals surface area contributed by atoms with Crippen LogP contribution in [0.5, 0.6) is 11.5 Å². The van der Waals surface area contributed by atoms with E-state index < -0.39 is 0 Å². The number of imidazole rings is 1. The predicted octanol–water partition coefficient (Wildman–Crippen LogP) is 17.4. The number of ether oxygens (including phenoxy) is 1. The van der Waals surface area contributed by atoms with Gasteiger partial charge in [-0.05, 0) is 123 Å². The molecule has 356 valence electrons. The molecule has 0 spiro atoms. The molecule has 5 heteroatoms. The van der Waals surface area contributed by atoms with Crippen molar-refractivity contribution in [3.8, 4) is 62.1 Å². The average Bonchev–Trinajstić information content (AvgIpc) is 3.91. The average molecular weight is 940 g/mol. The van der Waals surface area contributed by atoms with Crippen LogP contribution in [0.25, 0.3) is 83.4 Å². The van der Waals surface area contributed by atoms with E-state index in [0.717, 1.165) is 67.3 Å². The minimum Gasteiger partial charge on any atom is -0.457 e. The molecule has 72 heavy (non-hydrogen) atoms. The van der Waals surface area contributed by atoms with Crippen LogP contribution in [0.3, 0.4) is 0 Å². The van der Waals surface area contributed by atoms with Crippen molar-refractivity contribution in [1.82, 2.24) is 14.1 Å². The molecule has 11 aromatic rings. The molecule has 0 aliphatic heterocycles. The summed E-state index contributed by atoms with van der Waals surface area (Å²) in [5.74, 6) is 2.36. The Morgan fingerprint density at radius 3 is 1.65 bits per heavy atom. The molecule has 0 unspecified atom stereocenters. The van der Waals surface area contributed by atoms with Crippen molar-refractivity contribution in [3.63, 3.8) is 0 Å². The first-order valence-electron chi connectivity index (χ1n) is 25.3. The van der Waals surface area contributed by atoms with E-state index in [-0.39, 0.29) is 16.2 Å². The van der Waals surface area contributed by atoms with E-state index in [1.807, 2.05) is 18.3 Å². The third-order valence-electron chi connectivity index (χ3n) is 14.3. The zero-order chi connectivity index (χ0) is 50.1. The highest BCUT2D eigenvalue weighted by atomic mass is 16.5. The van der Waals surface area contributed by atoms with E-state index in [9.17, 15) is 0 Å². The van der Waals surface area contributed by atoms with Gasteiger partial charge in [-0.1, -0.05) is 178 Å². The number of aromatic nitrogens is 4. The Bertz CT molecular complexity index is 3800. The van der Waals surface area contributed by atoms with Gasteiger partial charge in [0.1, 0.15) is 28.7 Å². The van der Waals surface area contributed by atoms with E-state index in [1.54, 1.807) is 0 Å². The fraction of sp³-hybridized carbons (Fsp3) is 0.194. The molecule has 0 aliphatic carbocycles. The van der Waals surface area contributed by atoms with Gasteiger partial charge < -0.3 is 4.74 Å². The van der Waals surface area contributed by atoms with Gasteiger partial charge in [0.15, 0.2) is 11.0 Å². The molecule has 0 radical (unpaired) electrons. The molecule has 0 saturated heterocycles. The van der Waals surface area contributed by atoms with E-state index in [0.29, 0.717) is 0 Å². The monoisotopic (exact) mass is 939 g/mol. The van der Waals surface area contributed by atoms with Crippen molar-refractivity contribution >= 4 is 32.8 Å². The second kappa shape index (κ2) is 17.7. The Balaban J connectivity index is 1.06. The maximum absolute atomic E-state index is 6.86. The minimum atomic E-state index is -0.102. The second-order valence-corrected chi connectivity index (χ2v) is 22.5. The Kier molecular flexibility index (Phi) is 11.4. The molecule has 5 nitrogen and oxygen atoms in total. The number of hydrogen-bond acceptors (Lipinski definition) is 2. The zero-order valence-corrected chi connectivity index (χ0v) is 43.2. The van der Waals surface area contributed by atoms with E-state index in [4.69, 9.17) is 9.72 Å². The summed E-state index contributed by atoms with van der Waals surface area (Å²) in [6.45, 7) is 23.1. The van der Waals surface area contributed by atoms with Gasteiger partial charge in [-0.15, -0.1) is 0 Å². The molecule has 3 aromatic heterocycles. The summed E-state index contributed by atoms with van der Waals surface area (Å²) in [6, 6.07) is 67.9. The number of aryl methyl sites for hydroxylation is 1. The highest BCUT2D eigenvalue weighted by Crippen LogP contribution is 2.42. The molecule has 0 fully saturated rings. The molecular weight excluding hydrogens is 877 g/mol. The maximum Gasteiger partial charge on any atom is 0.255 e. The first-order chi connectivity index (χ1) is 34.5. The molecule has 0 N–H and O–H groups in total. The third kappa shape index (κ3) is 8.57. The number of rotatable bonds is 8. The molecule has 0 atom stereocenters. The van der Waals surface area contributed by atoms with Crippen molar-refractivity contribution in [2.45, 2.75) is 85.5 Å². The van der Waals surface area contributed by atoms with Crippen molar-refractivity contribution < 1.29 is 9.30 Å². The summed E-state index contributed by atoms with van der Waals surface area (Å²) in [4.78, 5) is 5.07. The third-order valence-corrected chi connectivity index (χ3v) is 14.3. The Morgan fingerprint density at radius 1 is 0.444 bits per heavy atom. The SMILES string of the molecule is Cc1cc(-n2c3ccccc3c3ccc(Oc4cccc(-n5c[n+](-c6c(-c7ccccc7)cc(C(C)(C)C)cc6-c6cc(C(C)(C)C)cc(C(C)(C)C)c6)c6ccccc65)c4)cc32)ncc1-c1ccccc1. The van der Waals surface area contributed by atoms with E-state index >= 15 is 0 Å². The number of para-hydroxylation sites is 3. The lowest BCUT2D eigenvalue weighted by Crippen LogP contribution is -2.31. The van der Waals surface area contributed by atoms with Gasteiger partial charge >= 0.3 is 0 Å². The Hall–Kier alpha value is -8.02. The molecule has 0 bridgehead atoms. The van der Waals surface area contributed by atoms with Crippen LogP contribution >= 0.6 is 0 Å². The van der Waals surface area contributed by atoms with Crippen LogP contribution in [0, 0.1) is 6.92 Å². The highest BCUT2D eigenvalue weighted by molar-refractivity contribution is 6.09. The fourth-order valence-corrected chi connectivity index (χ4v) is 10.2. The van der Waals surface area contributed by atoms with Crippen molar-refractivity contribution in [2.75, 3.05) is 0 Å². The van der Waals surface area contributed by atoms with Gasteiger partial charge in [0.05, 0.1) is 11.0 Å². The minimum absolute atomic E-state index is 0.0497. The van der Waals surface area contributed by atoms with Gasteiger partial charge in [0.2, 0.25) is 0 Å². The van der Waals surface area contributed by atoms with Crippen molar-refractivity contribution in [2.24, 2.45) is 0 Å². The summed E-state index contributed by atoms with van der Waals surface area (Å²) in [5, 5.41) is 2.31. The fourth-order valence-electron chi connectivity index (χ4n) is 10.2. The van der Waals surface area contributed by atoms with Gasteiger partial charge in [-0.25, -0.2) is 4.98 Å². The van der Waals surface area contributed by atoms with Crippen LogP contribution in [-0.2, 0) is 16.2 Å². The smallest absolute Gasteiger partial charge is 0.255 e. The molecule has 3 heterocycles. The summed E-state index contributed by atoms with van der Waals surface area (Å²) >= 11 is 0. The van der Waals surface area contributed by atoms with Crippen LogP contribution < -0.4 is 9.30 Å². The van der Waals surface area contributed by atoms with Crippen molar-refractivity contribution in [3.05, 3.63) is 223 Å². The summed E-state index contributed by atoms with van der Waals surface area (Å²) < 4.78 is 13.8. The number of benzene rings is 8. The lowest BCUT2D eigenvalue weighted by atomic mass is 9.77. The Labute approximate surface area is 424 Å². The van der Waals surface area contributed by atoms with Crippen LogP contribution in [0.1, 0.15) is 84.6 Å². The molecular formula is C67H63N4O+. The molecule has 0 aliphatic rings. The zero-order valence-electron chi connectivity index (χ0n) is 43.2. The van der Waals surface area contributed by atoms with Crippen LogP contribution in [0.15, 0.2) is 201 Å². The highest BCUT2D eigenvalue weighted by Gasteiger charge is 2.30. The maximum atomic E-state index is 6.86. The summed E-state index contributed by atoms with van der Waals surface area (Å²) in [6.07, 6.45) is 4.27. The number of nitrogens with zero attached hydrogens (tertiary/aromatic N) is 4. The first-order valence-corrected chi connectivity index (χ1v) is 25.3. The lowest BCUT2D eigenvalue weighted by Gasteiger charge is -2.28. The number of fused-ring (bicyclic) bond motifs is 4. The van der Waals surface area contributed by atoms with Crippen LogP contribution in [0.4, 0.5) is 0 Å². The van der Waals surface area contributed by atoms with E-state index in [2.05, 4.69) is 265 Å². The largest absolute Gasteiger partial charge is 0.457 e. The normalized spacial score (nSPS) is 12.3. The predicted molar refractivity (Wildman–Crippen MR) is 301 cm³/mol. The van der Waals surface area contributed by atoms with Crippen molar-refractivity contribution in [1.29, 1.82) is 0 Å². The standard InChI is InChI=1S/C67H63N4O/c1-44-34-63(68-42-58(44)46-24-15-12-16-25-46)71-59-29-18-17-28-54(59)55-33-32-53(41-62(55)71)72-52-27-21-26-51(40-52)69-43-70(61-31-20-19-30-60(61)69)64-56(45-22-13-11-14-23-45)38-50(67(8,9)10)39-57(64)47-35-48(65(2,3)4)37-49(36-47)66(5,6)7/h11-43H,1-10H3/q+1.